The summed E-state index contributed by atoms with van der Waals surface area (Å²) in [7, 11) is -9.69. The van der Waals surface area contributed by atoms with E-state index in [4.69, 9.17) is 13.7 Å². The van der Waals surface area contributed by atoms with Crippen LogP contribution in [0.2, 0.25) is 0 Å². The molecule has 3 saturated carbocycles. The maximum atomic E-state index is 12.9. The summed E-state index contributed by atoms with van der Waals surface area (Å²) in [6.45, 7) is 11.6. The van der Waals surface area contributed by atoms with Gasteiger partial charge in [-0.05, 0) is 98.2 Å². The van der Waals surface area contributed by atoms with E-state index in [9.17, 15) is 46.1 Å². The second-order valence-electron chi connectivity index (χ2n) is 16.1. The van der Waals surface area contributed by atoms with Gasteiger partial charge < -0.3 is 24.8 Å². The number of aliphatic hydroxyl groups excluding tert-OH is 3. The molecule has 4 fully saturated rings. The first-order chi connectivity index (χ1) is 22.6. The Morgan fingerprint density at radius 1 is 0.980 bits per heavy atom. The molecule has 5 aliphatic rings. The molecule has 49 heavy (non-hydrogen) atoms. The van der Waals surface area contributed by atoms with Crippen LogP contribution in [0.4, 0.5) is 0 Å². The van der Waals surface area contributed by atoms with E-state index in [1.807, 2.05) is 13.8 Å². The van der Waals surface area contributed by atoms with Gasteiger partial charge in [0.1, 0.15) is 24.4 Å². The molecule has 0 aromatic heterocycles. The van der Waals surface area contributed by atoms with Gasteiger partial charge in [0, 0.05) is 6.42 Å². The Balaban J connectivity index is 1.43. The van der Waals surface area contributed by atoms with Crippen LogP contribution in [0.25, 0.3) is 0 Å². The van der Waals surface area contributed by atoms with Gasteiger partial charge in [-0.2, -0.15) is 16.8 Å². The molecule has 1 heterocycles. The van der Waals surface area contributed by atoms with Crippen molar-refractivity contribution in [3.63, 3.8) is 0 Å². The molecular weight excluding hydrogens is 684 g/mol. The molecule has 1 saturated heterocycles. The molecule has 4 aliphatic carbocycles. The van der Waals surface area contributed by atoms with Crippen molar-refractivity contribution in [2.45, 2.75) is 142 Å². The van der Waals surface area contributed by atoms with Crippen LogP contribution in [0.1, 0.15) is 92.9 Å². The largest absolute Gasteiger partial charge is 0.397 e. The highest BCUT2D eigenvalue weighted by Gasteiger charge is 2.61. The number of fused-ring (bicyclic) bond motifs is 5. The summed E-state index contributed by atoms with van der Waals surface area (Å²) in [6, 6.07) is 0. The van der Waals surface area contributed by atoms with Crippen LogP contribution < -0.4 is 0 Å². The van der Waals surface area contributed by atoms with Crippen molar-refractivity contribution >= 4 is 26.6 Å². The van der Waals surface area contributed by atoms with Gasteiger partial charge in [-0.25, -0.2) is 8.37 Å². The summed E-state index contributed by atoms with van der Waals surface area (Å²) in [4.78, 5) is 12.9. The van der Waals surface area contributed by atoms with Crippen molar-refractivity contribution in [1.29, 1.82) is 0 Å². The van der Waals surface area contributed by atoms with Crippen LogP contribution >= 0.6 is 0 Å². The van der Waals surface area contributed by atoms with Crippen molar-refractivity contribution < 1.29 is 63.9 Å². The summed E-state index contributed by atoms with van der Waals surface area (Å²) >= 11 is 0. The lowest BCUT2D eigenvalue weighted by molar-refractivity contribution is -0.312. The summed E-state index contributed by atoms with van der Waals surface area (Å²) < 4.78 is 86.8. The van der Waals surface area contributed by atoms with E-state index >= 15 is 0 Å². The monoisotopic (exact) mass is 738 g/mol. The highest BCUT2D eigenvalue weighted by atomic mass is 32.3. The zero-order valence-corrected chi connectivity index (χ0v) is 30.7. The zero-order valence-electron chi connectivity index (χ0n) is 29.0. The fourth-order valence-electron chi connectivity index (χ4n) is 10.4. The molecule has 14 nitrogen and oxygen atoms in total. The first-order valence-corrected chi connectivity index (χ1v) is 20.2. The van der Waals surface area contributed by atoms with E-state index in [0.29, 0.717) is 25.7 Å². The van der Waals surface area contributed by atoms with Gasteiger partial charge >= 0.3 is 20.8 Å². The Hall–Kier alpha value is -1.05. The molecule has 15 atom stereocenters. The average Bonchev–Trinajstić information content (AvgIpc) is 3.34. The number of ketones is 1. The minimum Gasteiger partial charge on any atom is -0.387 e. The number of ether oxygens (including phenoxy) is 2. The number of carbonyl (C=O) groups is 1. The number of carbonyl (C=O) groups excluding carboxylic acids is 1. The minimum absolute atomic E-state index is 0.0527. The third kappa shape index (κ3) is 7.85. The predicted molar refractivity (Wildman–Crippen MR) is 174 cm³/mol. The maximum absolute atomic E-state index is 12.9. The lowest BCUT2D eigenvalue weighted by Gasteiger charge is -2.59. The Bertz CT molecular complexity index is 1480. The minimum atomic E-state index is -4.97. The fourth-order valence-corrected chi connectivity index (χ4v) is 11.5. The van der Waals surface area contributed by atoms with Crippen molar-refractivity contribution in [2.75, 3.05) is 0 Å². The molecule has 0 radical (unpaired) electrons. The van der Waals surface area contributed by atoms with E-state index in [0.717, 1.165) is 19.3 Å². The summed E-state index contributed by atoms with van der Waals surface area (Å²) in [5, 5.41) is 32.3. The summed E-state index contributed by atoms with van der Waals surface area (Å²) in [6.07, 6.45) is -3.17. The van der Waals surface area contributed by atoms with E-state index in [2.05, 4.69) is 31.0 Å². The number of aliphatic hydroxyl groups is 3. The van der Waals surface area contributed by atoms with E-state index in [1.54, 1.807) is 0 Å². The molecule has 0 amide bonds. The SMILES string of the molecule is CC(C)C(O)C(=O)C[C@@H](C)[C@H]1CC[C@H]2[C@@H]3C[C@H](O[C@@H]4O[C@H](C)[C@@H](OS(=O)(=O)O)[C@H](O)[C@H]4O)C4C[C@@H](OS(=O)(=O)O)CC[C@]4(C)C3=CC[C@]12C. The zero-order chi connectivity index (χ0) is 36.4. The molecule has 0 spiro atoms. The Morgan fingerprint density at radius 2 is 1.63 bits per heavy atom. The van der Waals surface area contributed by atoms with Crippen LogP contribution in [0.15, 0.2) is 11.6 Å². The molecule has 0 aromatic rings. The average molecular weight is 739 g/mol. The summed E-state index contributed by atoms with van der Waals surface area (Å²) in [5.41, 5.74) is 0.668. The predicted octanol–water partition coefficient (Wildman–Crippen LogP) is 3.02. The number of hydrogen-bond donors (Lipinski definition) is 5. The van der Waals surface area contributed by atoms with Gasteiger partial charge in [-0.1, -0.05) is 46.3 Å². The third-order valence-electron chi connectivity index (χ3n) is 12.8. The number of rotatable bonds is 11. The van der Waals surface area contributed by atoms with Crippen molar-refractivity contribution in [3.8, 4) is 0 Å². The molecule has 1 aliphatic heterocycles. The van der Waals surface area contributed by atoms with Gasteiger partial charge in [0.25, 0.3) is 0 Å². The molecular formula is C33H54O14S2. The van der Waals surface area contributed by atoms with Gasteiger partial charge in [-0.15, -0.1) is 0 Å². The topological polar surface area (TPSA) is 223 Å². The first kappa shape index (κ1) is 39.2. The Labute approximate surface area is 289 Å². The second kappa shape index (κ2) is 14.1. The molecule has 0 bridgehead atoms. The Morgan fingerprint density at radius 3 is 2.24 bits per heavy atom. The molecule has 0 aromatic carbocycles. The normalized spacial score (nSPS) is 44.0. The second-order valence-corrected chi connectivity index (χ2v) is 18.2. The fraction of sp³-hybridized carbons (Fsp3) is 0.909. The van der Waals surface area contributed by atoms with Crippen molar-refractivity contribution in [3.05, 3.63) is 11.6 Å². The maximum Gasteiger partial charge on any atom is 0.397 e. The van der Waals surface area contributed by atoms with Crippen LogP contribution in [-0.4, -0.2) is 96.1 Å². The third-order valence-corrected chi connectivity index (χ3v) is 13.8. The standard InChI is InChI=1S/C33H54O14S2/c1-16(2)27(35)25(34)13-17(3)21-7-8-22-20-15-26(45-31-29(37)28(36)30(18(4)44-31)47-49(41,42)43)24-14-19(46-48(38,39)40)9-11-33(24,6)23(20)10-12-32(21,22)5/h10,16-22,24,26-31,35-37H,7-9,11-15H2,1-6H3,(H,38,39,40)(H,41,42,43)/t17-,18-,19+,20+,21-,22+,24?,26+,27?,28-,29-,30-,31+,32-,33-/m1/s1. The number of Topliss-reactive ketones (excluding diaryl/α,β-unsaturated/α-hetero) is 1. The molecule has 5 rings (SSSR count). The lowest BCUT2D eigenvalue weighted by Crippen LogP contribution is -2.61. The van der Waals surface area contributed by atoms with Gasteiger partial charge in [-0.3, -0.25) is 13.9 Å². The van der Waals surface area contributed by atoms with E-state index < -0.39 is 75.2 Å². The van der Waals surface area contributed by atoms with Gasteiger partial charge in [0.2, 0.25) is 0 Å². The molecule has 2 unspecified atom stereocenters. The van der Waals surface area contributed by atoms with Crippen LogP contribution in [-0.2, 0) is 43.4 Å². The van der Waals surface area contributed by atoms with E-state index in [-0.39, 0.29) is 53.1 Å². The smallest absolute Gasteiger partial charge is 0.387 e. The van der Waals surface area contributed by atoms with E-state index in [1.165, 1.54) is 12.5 Å². The molecule has 5 N–H and O–H groups in total. The highest BCUT2D eigenvalue weighted by molar-refractivity contribution is 7.81. The first-order valence-electron chi connectivity index (χ1n) is 17.5. The van der Waals surface area contributed by atoms with Crippen molar-refractivity contribution in [1.82, 2.24) is 0 Å². The van der Waals surface area contributed by atoms with Crippen LogP contribution in [0.5, 0.6) is 0 Å². The van der Waals surface area contributed by atoms with Crippen molar-refractivity contribution in [2.24, 2.45) is 46.3 Å². The highest BCUT2D eigenvalue weighted by Crippen LogP contribution is 2.67. The number of allylic oxidation sites excluding steroid dienone is 2. The summed E-state index contributed by atoms with van der Waals surface area (Å²) in [5.74, 6) is -0.0488. The molecule has 16 heteroatoms. The van der Waals surface area contributed by atoms with Gasteiger partial charge in [0.15, 0.2) is 12.1 Å². The van der Waals surface area contributed by atoms with Gasteiger partial charge in [0.05, 0.1) is 18.3 Å². The van der Waals surface area contributed by atoms with Crippen LogP contribution in [0.3, 0.4) is 0 Å². The lowest BCUT2D eigenvalue weighted by atomic mass is 9.47. The van der Waals surface area contributed by atoms with Crippen LogP contribution in [0, 0.1) is 46.3 Å². The quantitative estimate of drug-likeness (QED) is 0.152. The number of hydrogen-bond acceptors (Lipinski definition) is 12. The molecule has 282 valence electrons. The Kier molecular flexibility index (Phi) is 11.2.